The van der Waals surface area contributed by atoms with Gasteiger partial charge < -0.3 is 0 Å². The van der Waals surface area contributed by atoms with Crippen molar-refractivity contribution in [1.82, 2.24) is 10.4 Å². The van der Waals surface area contributed by atoms with E-state index in [1.54, 1.807) is 5.01 Å². The molecule has 1 aromatic rings. The van der Waals surface area contributed by atoms with E-state index in [9.17, 15) is 4.79 Å². The topological polar surface area (TPSA) is 32.3 Å². The van der Waals surface area contributed by atoms with E-state index in [1.807, 2.05) is 26.2 Å². The van der Waals surface area contributed by atoms with Crippen LogP contribution in [0, 0.1) is 6.92 Å². The molecule has 0 aliphatic carbocycles. The summed E-state index contributed by atoms with van der Waals surface area (Å²) in [5, 5.41) is 2.90. The first-order chi connectivity index (χ1) is 7.71. The van der Waals surface area contributed by atoms with Gasteiger partial charge in [-0.2, -0.15) is 0 Å². The van der Waals surface area contributed by atoms with Crippen molar-refractivity contribution in [3.05, 3.63) is 29.3 Å². The van der Waals surface area contributed by atoms with Gasteiger partial charge >= 0.3 is 0 Å². The fraction of sp³-hybridized carbons (Fsp3) is 0.462. The van der Waals surface area contributed by atoms with Crippen LogP contribution < -0.4 is 10.6 Å². The Bertz CT molecular complexity index is 422. The summed E-state index contributed by atoms with van der Waals surface area (Å²) in [4.78, 5) is 12.1. The van der Waals surface area contributed by atoms with Crippen LogP contribution in [-0.4, -0.2) is 33.1 Å². The van der Waals surface area contributed by atoms with Gasteiger partial charge in [-0.3, -0.25) is 10.2 Å². The molecule has 0 spiro atoms. The zero-order valence-electron chi connectivity index (χ0n) is 11.6. The van der Waals surface area contributed by atoms with E-state index in [0.717, 1.165) is 5.56 Å². The average molecular weight is 250 g/mol. The summed E-state index contributed by atoms with van der Waals surface area (Å²) in [5.74, 6) is -0.0209. The van der Waals surface area contributed by atoms with Crippen molar-refractivity contribution in [1.29, 1.82) is 0 Å². The average Bonchev–Trinajstić information content (AvgIpc) is 2.14. The third-order valence-electron chi connectivity index (χ3n) is 2.55. The highest BCUT2D eigenvalue weighted by molar-refractivity contribution is 6.89. The summed E-state index contributed by atoms with van der Waals surface area (Å²) in [6.45, 7) is 8.84. The van der Waals surface area contributed by atoms with Crippen LogP contribution in [-0.2, 0) is 0 Å². The van der Waals surface area contributed by atoms with Gasteiger partial charge in [-0.25, -0.2) is 5.01 Å². The Morgan fingerprint density at radius 3 is 2.29 bits per heavy atom. The zero-order valence-corrected chi connectivity index (χ0v) is 12.6. The highest BCUT2D eigenvalue weighted by Gasteiger charge is 2.23. The van der Waals surface area contributed by atoms with Gasteiger partial charge in [-0.15, -0.1) is 0 Å². The Morgan fingerprint density at radius 2 is 1.82 bits per heavy atom. The van der Waals surface area contributed by atoms with Crippen molar-refractivity contribution in [2.45, 2.75) is 26.6 Å². The zero-order chi connectivity index (χ0) is 13.2. The molecule has 0 heterocycles. The van der Waals surface area contributed by atoms with E-state index < -0.39 is 8.07 Å². The molecule has 1 aromatic carbocycles. The number of carbonyl (C=O) groups excluding carboxylic acids is 1. The molecule has 4 heteroatoms. The number of carbonyl (C=O) groups is 1. The molecule has 94 valence electrons. The van der Waals surface area contributed by atoms with Gasteiger partial charge in [0.1, 0.15) is 0 Å². The van der Waals surface area contributed by atoms with E-state index in [4.69, 9.17) is 0 Å². The number of rotatable bonds is 3. The standard InChI is InChI=1S/C13H22N2OSi/c1-10-7-8-11(13(16)14-15(2)3)12(9-10)17(4,5)6/h7-9H,1-6H3,(H,14,16). The first-order valence-corrected chi connectivity index (χ1v) is 9.31. The summed E-state index contributed by atoms with van der Waals surface area (Å²) in [6.07, 6.45) is 0. The van der Waals surface area contributed by atoms with Crippen molar-refractivity contribution >= 4 is 19.2 Å². The Morgan fingerprint density at radius 1 is 1.24 bits per heavy atom. The summed E-state index contributed by atoms with van der Waals surface area (Å²) in [7, 11) is 2.14. The van der Waals surface area contributed by atoms with Crippen LogP contribution in [0.5, 0.6) is 0 Å². The number of hydrazine groups is 1. The maximum atomic E-state index is 12.1. The van der Waals surface area contributed by atoms with Gasteiger partial charge in [0.15, 0.2) is 0 Å². The molecule has 0 aliphatic rings. The number of nitrogens with one attached hydrogen (secondary N) is 1. The molecule has 0 bridgehead atoms. The molecular weight excluding hydrogens is 228 g/mol. The number of benzene rings is 1. The van der Waals surface area contributed by atoms with E-state index in [0.29, 0.717) is 0 Å². The Balaban J connectivity index is 3.20. The lowest BCUT2D eigenvalue weighted by Crippen LogP contribution is -2.45. The van der Waals surface area contributed by atoms with E-state index in [1.165, 1.54) is 10.8 Å². The second-order valence-electron chi connectivity index (χ2n) is 5.63. The molecule has 17 heavy (non-hydrogen) atoms. The van der Waals surface area contributed by atoms with Gasteiger partial charge in [-0.05, 0) is 18.2 Å². The molecule has 3 nitrogen and oxygen atoms in total. The first-order valence-electron chi connectivity index (χ1n) is 5.81. The van der Waals surface area contributed by atoms with Gasteiger partial charge in [0, 0.05) is 19.7 Å². The maximum absolute atomic E-state index is 12.1. The van der Waals surface area contributed by atoms with E-state index in [2.05, 4.69) is 38.1 Å². The molecule has 0 aromatic heterocycles. The Labute approximate surface area is 105 Å². The summed E-state index contributed by atoms with van der Waals surface area (Å²) < 4.78 is 0. The highest BCUT2D eigenvalue weighted by Crippen LogP contribution is 2.09. The molecule has 0 aliphatic heterocycles. The SMILES string of the molecule is Cc1ccc(C(=O)NN(C)C)c([Si](C)(C)C)c1. The number of amides is 1. The fourth-order valence-corrected chi connectivity index (χ4v) is 3.41. The molecule has 1 N–H and O–H groups in total. The van der Waals surface area contributed by atoms with Crippen LogP contribution in [0.1, 0.15) is 15.9 Å². The maximum Gasteiger partial charge on any atom is 0.265 e. The normalized spacial score (nSPS) is 11.7. The predicted molar refractivity (Wildman–Crippen MR) is 75.3 cm³/mol. The smallest absolute Gasteiger partial charge is 0.265 e. The molecule has 0 saturated heterocycles. The van der Waals surface area contributed by atoms with E-state index >= 15 is 0 Å². The molecule has 0 radical (unpaired) electrons. The number of hydrogen-bond donors (Lipinski definition) is 1. The van der Waals surface area contributed by atoms with Crippen LogP contribution in [0.25, 0.3) is 0 Å². The Kier molecular flexibility index (Phi) is 4.11. The highest BCUT2D eigenvalue weighted by atomic mass is 28.3. The molecular formula is C13H22N2OSi. The lowest BCUT2D eigenvalue weighted by Gasteiger charge is -2.22. The van der Waals surface area contributed by atoms with Crippen LogP contribution in [0.4, 0.5) is 0 Å². The largest absolute Gasteiger partial charge is 0.285 e. The van der Waals surface area contributed by atoms with Gasteiger partial charge in [0.2, 0.25) is 0 Å². The minimum atomic E-state index is -1.50. The fourth-order valence-electron chi connectivity index (χ4n) is 1.74. The van der Waals surface area contributed by atoms with Crippen molar-refractivity contribution in [3.63, 3.8) is 0 Å². The van der Waals surface area contributed by atoms with Crippen LogP contribution in [0.15, 0.2) is 18.2 Å². The number of aryl methyl sites for hydroxylation is 1. The predicted octanol–water partition coefficient (Wildman–Crippen LogP) is 1.75. The lowest BCUT2D eigenvalue weighted by atomic mass is 10.1. The van der Waals surface area contributed by atoms with Gasteiger partial charge in [0.05, 0.1) is 8.07 Å². The molecule has 1 rings (SSSR count). The number of hydrogen-bond acceptors (Lipinski definition) is 2. The molecule has 0 atom stereocenters. The quantitative estimate of drug-likeness (QED) is 0.655. The van der Waals surface area contributed by atoms with Crippen molar-refractivity contribution in [2.75, 3.05) is 14.1 Å². The van der Waals surface area contributed by atoms with Gasteiger partial charge in [-0.1, -0.05) is 37.3 Å². The Hall–Kier alpha value is -1.13. The second-order valence-corrected chi connectivity index (χ2v) is 10.7. The van der Waals surface area contributed by atoms with Crippen LogP contribution in [0.3, 0.4) is 0 Å². The molecule has 0 saturated carbocycles. The van der Waals surface area contributed by atoms with Crippen LogP contribution in [0.2, 0.25) is 19.6 Å². The molecule has 0 fully saturated rings. The summed E-state index contributed by atoms with van der Waals surface area (Å²) in [5.41, 5.74) is 4.83. The monoisotopic (exact) mass is 250 g/mol. The first kappa shape index (κ1) is 13.9. The second kappa shape index (κ2) is 5.02. The van der Waals surface area contributed by atoms with Crippen molar-refractivity contribution in [2.24, 2.45) is 0 Å². The lowest BCUT2D eigenvalue weighted by molar-refractivity contribution is 0.0858. The minimum absolute atomic E-state index is 0.0209. The van der Waals surface area contributed by atoms with Crippen molar-refractivity contribution < 1.29 is 4.79 Å². The van der Waals surface area contributed by atoms with Crippen molar-refractivity contribution in [3.8, 4) is 0 Å². The summed E-state index contributed by atoms with van der Waals surface area (Å²) in [6, 6.07) is 6.08. The minimum Gasteiger partial charge on any atom is -0.285 e. The van der Waals surface area contributed by atoms with Crippen LogP contribution >= 0.6 is 0 Å². The number of nitrogens with zero attached hydrogens (tertiary/aromatic N) is 1. The summed E-state index contributed by atoms with van der Waals surface area (Å²) >= 11 is 0. The third-order valence-corrected chi connectivity index (χ3v) is 4.58. The van der Waals surface area contributed by atoms with E-state index in [-0.39, 0.29) is 5.91 Å². The molecule has 1 amide bonds. The molecule has 0 unspecified atom stereocenters. The van der Waals surface area contributed by atoms with Gasteiger partial charge in [0.25, 0.3) is 5.91 Å². The third kappa shape index (κ3) is 3.68.